The third-order valence-corrected chi connectivity index (χ3v) is 6.26. The number of nitro groups is 1. The summed E-state index contributed by atoms with van der Waals surface area (Å²) in [6, 6.07) is 18.1. The number of para-hydroxylation sites is 1. The smallest absolute Gasteiger partial charge is 0.312 e. The van der Waals surface area contributed by atoms with Gasteiger partial charge in [0, 0.05) is 6.07 Å². The van der Waals surface area contributed by atoms with Crippen LogP contribution in [0.4, 0.5) is 5.69 Å². The van der Waals surface area contributed by atoms with Gasteiger partial charge in [0.1, 0.15) is 16.7 Å². The van der Waals surface area contributed by atoms with Crippen molar-refractivity contribution in [1.29, 1.82) is 5.26 Å². The fourth-order valence-corrected chi connectivity index (χ4v) is 4.00. The predicted molar refractivity (Wildman–Crippen MR) is 117 cm³/mol. The molecule has 0 fully saturated rings. The molecule has 0 heterocycles. The van der Waals surface area contributed by atoms with Crippen LogP contribution in [0.2, 0.25) is 5.02 Å². The lowest BCUT2D eigenvalue weighted by Gasteiger charge is -2.08. The third-order valence-electron chi connectivity index (χ3n) is 4.27. The van der Waals surface area contributed by atoms with Gasteiger partial charge in [0.05, 0.1) is 14.8 Å². The van der Waals surface area contributed by atoms with E-state index in [-0.39, 0.29) is 27.0 Å². The summed E-state index contributed by atoms with van der Waals surface area (Å²) in [6.45, 7) is 1.81. The first-order chi connectivity index (χ1) is 14.7. The number of nitrogens with zero attached hydrogens (tertiary/aromatic N) is 2. The molecule has 3 aromatic rings. The molecule has 9 heteroatoms. The fourth-order valence-electron chi connectivity index (χ4n) is 2.66. The van der Waals surface area contributed by atoms with Gasteiger partial charge in [-0.15, -0.1) is 0 Å². The van der Waals surface area contributed by atoms with Gasteiger partial charge in [-0.3, -0.25) is 10.1 Å². The molecule has 0 spiro atoms. The molecule has 0 amide bonds. The molecule has 0 aliphatic carbocycles. The molecular formula is C22H15ClN2O5S. The minimum absolute atomic E-state index is 0.0425. The van der Waals surface area contributed by atoms with Crippen molar-refractivity contribution in [2.75, 3.05) is 0 Å². The van der Waals surface area contributed by atoms with Crippen LogP contribution in [0, 0.1) is 28.4 Å². The maximum atomic E-state index is 12.8. The number of nitriles is 1. The number of halogens is 1. The lowest BCUT2D eigenvalue weighted by Crippen LogP contribution is -2.03. The predicted octanol–water partition coefficient (Wildman–Crippen LogP) is 5.69. The van der Waals surface area contributed by atoms with Gasteiger partial charge in [-0.05, 0) is 48.9 Å². The van der Waals surface area contributed by atoms with E-state index in [0.717, 1.165) is 17.7 Å². The summed E-state index contributed by atoms with van der Waals surface area (Å²) in [5.74, 6) is 0.158. The van der Waals surface area contributed by atoms with Crippen molar-refractivity contribution >= 4 is 33.2 Å². The van der Waals surface area contributed by atoms with Crippen LogP contribution in [0.5, 0.6) is 11.5 Å². The summed E-state index contributed by atoms with van der Waals surface area (Å²) in [4.78, 5) is 10.3. The third kappa shape index (κ3) is 4.91. The molecular weight excluding hydrogens is 440 g/mol. The second-order valence-corrected chi connectivity index (χ2v) is 8.78. The number of ether oxygens (including phenoxy) is 1. The quantitative estimate of drug-likeness (QED) is 0.269. The SMILES string of the molecule is Cc1ccc(S(=O)(=O)/C(C#N)=C/c2ccc(Oc3ccccc3Cl)c([N+](=O)[O-])c2)cc1. The van der Waals surface area contributed by atoms with Gasteiger partial charge in [0.25, 0.3) is 0 Å². The first-order valence-corrected chi connectivity index (χ1v) is 10.7. The van der Waals surface area contributed by atoms with E-state index in [9.17, 15) is 23.8 Å². The zero-order chi connectivity index (χ0) is 22.6. The summed E-state index contributed by atoms with van der Waals surface area (Å²) in [5.41, 5.74) is 0.621. The Bertz CT molecular complexity index is 1330. The van der Waals surface area contributed by atoms with E-state index < -0.39 is 25.4 Å². The first-order valence-electron chi connectivity index (χ1n) is 8.87. The van der Waals surface area contributed by atoms with Crippen LogP contribution in [-0.4, -0.2) is 13.3 Å². The van der Waals surface area contributed by atoms with Crippen LogP contribution < -0.4 is 4.74 Å². The Morgan fingerprint density at radius 1 is 1.10 bits per heavy atom. The Balaban J connectivity index is 2.02. The molecule has 7 nitrogen and oxygen atoms in total. The average Bonchev–Trinajstić information content (AvgIpc) is 2.74. The number of allylic oxidation sites excluding steroid dienone is 1. The van der Waals surface area contributed by atoms with E-state index in [2.05, 4.69) is 0 Å². The minimum Gasteiger partial charge on any atom is -0.449 e. The molecule has 0 unspecified atom stereocenters. The normalized spacial score (nSPS) is 11.6. The highest BCUT2D eigenvalue weighted by molar-refractivity contribution is 7.95. The van der Waals surface area contributed by atoms with Crippen LogP contribution in [-0.2, 0) is 9.84 Å². The molecule has 0 aliphatic heterocycles. The van der Waals surface area contributed by atoms with Gasteiger partial charge in [0.2, 0.25) is 15.6 Å². The van der Waals surface area contributed by atoms with Crippen molar-refractivity contribution in [3.05, 3.63) is 97.9 Å². The van der Waals surface area contributed by atoms with Gasteiger partial charge in [-0.1, -0.05) is 47.5 Å². The highest BCUT2D eigenvalue weighted by Gasteiger charge is 2.22. The van der Waals surface area contributed by atoms with Crippen molar-refractivity contribution in [2.45, 2.75) is 11.8 Å². The molecule has 0 bridgehead atoms. The van der Waals surface area contributed by atoms with E-state index >= 15 is 0 Å². The van der Waals surface area contributed by atoms with Gasteiger partial charge in [0.15, 0.2) is 0 Å². The number of sulfone groups is 1. The first kappa shape index (κ1) is 22.0. The van der Waals surface area contributed by atoms with Crippen LogP contribution in [0.15, 0.2) is 76.5 Å². The van der Waals surface area contributed by atoms with Crippen LogP contribution >= 0.6 is 11.6 Å². The Labute approximate surface area is 183 Å². The molecule has 0 saturated carbocycles. The largest absolute Gasteiger partial charge is 0.449 e. The molecule has 31 heavy (non-hydrogen) atoms. The van der Waals surface area contributed by atoms with E-state index in [1.807, 2.05) is 6.92 Å². The summed E-state index contributed by atoms with van der Waals surface area (Å²) in [5, 5.41) is 21.2. The Morgan fingerprint density at radius 2 is 1.77 bits per heavy atom. The molecule has 156 valence electrons. The van der Waals surface area contributed by atoms with Gasteiger partial charge < -0.3 is 4.74 Å². The van der Waals surface area contributed by atoms with Gasteiger partial charge in [-0.25, -0.2) is 8.42 Å². The average molecular weight is 455 g/mol. The zero-order valence-electron chi connectivity index (χ0n) is 16.2. The van der Waals surface area contributed by atoms with E-state index in [4.69, 9.17) is 16.3 Å². The van der Waals surface area contributed by atoms with E-state index in [1.54, 1.807) is 42.5 Å². The Kier molecular flexibility index (Phi) is 6.39. The molecule has 0 aromatic heterocycles. The van der Waals surface area contributed by atoms with Crippen LogP contribution in [0.3, 0.4) is 0 Å². The van der Waals surface area contributed by atoms with Gasteiger partial charge >= 0.3 is 5.69 Å². The van der Waals surface area contributed by atoms with E-state index in [1.165, 1.54) is 24.3 Å². The van der Waals surface area contributed by atoms with Crippen LogP contribution in [0.1, 0.15) is 11.1 Å². The van der Waals surface area contributed by atoms with Gasteiger partial charge in [-0.2, -0.15) is 5.26 Å². The molecule has 0 atom stereocenters. The summed E-state index contributed by atoms with van der Waals surface area (Å²) >= 11 is 6.04. The monoisotopic (exact) mass is 454 g/mol. The summed E-state index contributed by atoms with van der Waals surface area (Å²) < 4.78 is 31.1. The maximum Gasteiger partial charge on any atom is 0.312 e. The molecule has 0 N–H and O–H groups in total. The molecule has 0 saturated heterocycles. The number of benzene rings is 3. The second-order valence-electron chi connectivity index (χ2n) is 6.45. The van der Waals surface area contributed by atoms with Crippen molar-refractivity contribution in [1.82, 2.24) is 0 Å². The van der Waals surface area contributed by atoms with Crippen LogP contribution in [0.25, 0.3) is 6.08 Å². The molecule has 0 radical (unpaired) electrons. The molecule has 0 aliphatic rings. The number of hydrogen-bond acceptors (Lipinski definition) is 6. The lowest BCUT2D eigenvalue weighted by molar-refractivity contribution is -0.385. The number of nitro benzene ring substituents is 1. The van der Waals surface area contributed by atoms with Crippen molar-refractivity contribution in [2.24, 2.45) is 0 Å². The second kappa shape index (κ2) is 9.00. The molecule has 3 rings (SSSR count). The van der Waals surface area contributed by atoms with Crippen molar-refractivity contribution in [3.63, 3.8) is 0 Å². The number of aryl methyl sites for hydroxylation is 1. The Morgan fingerprint density at radius 3 is 2.39 bits per heavy atom. The van der Waals surface area contributed by atoms with Crippen molar-refractivity contribution in [3.8, 4) is 17.6 Å². The fraction of sp³-hybridized carbons (Fsp3) is 0.0455. The standard InChI is InChI=1S/C22H15ClN2O5S/c1-15-6-9-17(10-7-15)31(28,29)18(14-24)12-16-8-11-22(20(13-16)25(26)27)30-21-5-3-2-4-19(21)23/h2-13H,1H3/b18-12+. The highest BCUT2D eigenvalue weighted by Crippen LogP contribution is 2.36. The highest BCUT2D eigenvalue weighted by atomic mass is 35.5. The van der Waals surface area contributed by atoms with Crippen molar-refractivity contribution < 1.29 is 18.1 Å². The number of hydrogen-bond donors (Lipinski definition) is 0. The minimum atomic E-state index is -4.08. The van der Waals surface area contributed by atoms with E-state index in [0.29, 0.717) is 0 Å². The lowest BCUT2D eigenvalue weighted by atomic mass is 10.1. The topological polar surface area (TPSA) is 110 Å². The Hall–Kier alpha value is -3.67. The summed E-state index contributed by atoms with van der Waals surface area (Å²) in [7, 11) is -4.08. The zero-order valence-corrected chi connectivity index (χ0v) is 17.7. The molecule has 3 aromatic carbocycles. The number of rotatable bonds is 6. The maximum absolute atomic E-state index is 12.8. The summed E-state index contributed by atoms with van der Waals surface area (Å²) in [6.07, 6.45) is 1.08.